The van der Waals surface area contributed by atoms with Gasteiger partial charge in [0, 0.05) is 22.3 Å². The first-order valence-electron chi connectivity index (χ1n) is 7.57. The van der Waals surface area contributed by atoms with Gasteiger partial charge < -0.3 is 10.3 Å². The molecule has 3 aromatic rings. The molecule has 122 valence electrons. The Morgan fingerprint density at radius 2 is 1.75 bits per heavy atom. The van der Waals surface area contributed by atoms with Crippen molar-refractivity contribution < 1.29 is 4.79 Å². The third-order valence-electron chi connectivity index (χ3n) is 3.97. The van der Waals surface area contributed by atoms with Gasteiger partial charge in [0.1, 0.15) is 5.56 Å². The molecule has 1 aromatic heterocycles. The Labute approximate surface area is 144 Å². The number of rotatable bonds is 2. The Morgan fingerprint density at radius 1 is 1.08 bits per heavy atom. The van der Waals surface area contributed by atoms with Crippen molar-refractivity contribution >= 4 is 34.1 Å². The summed E-state index contributed by atoms with van der Waals surface area (Å²) in [6.45, 7) is 5.74. The van der Waals surface area contributed by atoms with Crippen molar-refractivity contribution in [3.8, 4) is 0 Å². The predicted octanol–water partition coefficient (Wildman–Crippen LogP) is 4.36. The van der Waals surface area contributed by atoms with E-state index in [1.54, 1.807) is 12.1 Å². The van der Waals surface area contributed by atoms with Crippen molar-refractivity contribution in [2.45, 2.75) is 20.8 Å². The first kappa shape index (κ1) is 16.3. The van der Waals surface area contributed by atoms with Gasteiger partial charge in [-0.1, -0.05) is 17.7 Å². The minimum Gasteiger partial charge on any atom is -0.360 e. The molecule has 3 rings (SSSR count). The summed E-state index contributed by atoms with van der Waals surface area (Å²) in [4.78, 5) is 28.1. The molecule has 2 N–H and O–H groups in total. The van der Waals surface area contributed by atoms with Crippen LogP contribution in [0.1, 0.15) is 27.0 Å². The van der Waals surface area contributed by atoms with Gasteiger partial charge in [-0.05, 0) is 61.7 Å². The second-order valence-electron chi connectivity index (χ2n) is 5.96. The standard InChI is InChI=1S/C19H17ClN2O2/c1-10-6-11(2)8-13(7-10)22-19(24)15-9-21-17-12(3)16(20)5-4-14(17)18(15)23/h4-9H,1-3H3,(H,21,23)(H,22,24). The highest BCUT2D eigenvalue weighted by Crippen LogP contribution is 2.22. The Kier molecular flexibility index (Phi) is 4.16. The molecule has 0 radical (unpaired) electrons. The van der Waals surface area contributed by atoms with Crippen LogP contribution >= 0.6 is 11.6 Å². The van der Waals surface area contributed by atoms with E-state index in [9.17, 15) is 9.59 Å². The van der Waals surface area contributed by atoms with Crippen molar-refractivity contribution in [2.75, 3.05) is 5.32 Å². The fourth-order valence-corrected chi connectivity index (χ4v) is 2.99. The second-order valence-corrected chi connectivity index (χ2v) is 6.36. The number of halogens is 1. The molecule has 0 aliphatic rings. The summed E-state index contributed by atoms with van der Waals surface area (Å²) in [6.07, 6.45) is 1.44. The maximum atomic E-state index is 12.6. The number of pyridine rings is 1. The quantitative estimate of drug-likeness (QED) is 0.728. The molecule has 0 aliphatic carbocycles. The van der Waals surface area contributed by atoms with Gasteiger partial charge in [-0.15, -0.1) is 0 Å². The van der Waals surface area contributed by atoms with Gasteiger partial charge in [0.25, 0.3) is 5.91 Å². The smallest absolute Gasteiger partial charge is 0.261 e. The van der Waals surface area contributed by atoms with Crippen molar-refractivity contribution in [2.24, 2.45) is 0 Å². The Bertz CT molecular complexity index is 1000. The van der Waals surface area contributed by atoms with Crippen LogP contribution in [0.25, 0.3) is 10.9 Å². The molecule has 1 heterocycles. The molecule has 0 unspecified atom stereocenters. The Hall–Kier alpha value is -2.59. The summed E-state index contributed by atoms with van der Waals surface area (Å²) in [5.74, 6) is -0.434. The Morgan fingerprint density at radius 3 is 2.42 bits per heavy atom. The molecule has 0 atom stereocenters. The van der Waals surface area contributed by atoms with Crippen molar-refractivity contribution in [3.05, 3.63) is 74.0 Å². The van der Waals surface area contributed by atoms with E-state index >= 15 is 0 Å². The van der Waals surface area contributed by atoms with Crippen LogP contribution in [-0.4, -0.2) is 10.9 Å². The number of amides is 1. The largest absolute Gasteiger partial charge is 0.360 e. The number of carbonyl (C=O) groups excluding carboxylic acids is 1. The zero-order chi connectivity index (χ0) is 17.4. The molecule has 5 heteroatoms. The minimum absolute atomic E-state index is 0.0726. The lowest BCUT2D eigenvalue weighted by Crippen LogP contribution is -2.22. The molecule has 0 saturated carbocycles. The van der Waals surface area contributed by atoms with Gasteiger partial charge >= 0.3 is 0 Å². The first-order chi connectivity index (χ1) is 11.4. The second kappa shape index (κ2) is 6.13. The number of hydrogen-bond acceptors (Lipinski definition) is 2. The normalized spacial score (nSPS) is 10.8. The van der Waals surface area contributed by atoms with E-state index in [1.165, 1.54) is 6.20 Å². The molecular weight excluding hydrogens is 324 g/mol. The van der Waals surface area contributed by atoms with Gasteiger partial charge in [-0.25, -0.2) is 0 Å². The number of carbonyl (C=O) groups is 1. The van der Waals surface area contributed by atoms with E-state index in [0.717, 1.165) is 16.7 Å². The molecule has 0 aliphatic heterocycles. The van der Waals surface area contributed by atoms with E-state index in [1.807, 2.05) is 39.0 Å². The summed E-state index contributed by atoms with van der Waals surface area (Å²) in [5.41, 5.74) is 3.95. The molecule has 2 aromatic carbocycles. The third kappa shape index (κ3) is 2.93. The summed E-state index contributed by atoms with van der Waals surface area (Å²) < 4.78 is 0. The van der Waals surface area contributed by atoms with Crippen LogP contribution in [0, 0.1) is 20.8 Å². The average Bonchev–Trinajstić information content (AvgIpc) is 2.50. The van der Waals surface area contributed by atoms with Crippen molar-refractivity contribution in [1.29, 1.82) is 0 Å². The zero-order valence-electron chi connectivity index (χ0n) is 13.7. The fourth-order valence-electron chi connectivity index (χ4n) is 2.83. The SMILES string of the molecule is Cc1cc(C)cc(NC(=O)c2c[nH]c3c(C)c(Cl)ccc3c2=O)c1. The number of benzene rings is 2. The van der Waals surface area contributed by atoms with Crippen LogP contribution in [0.4, 0.5) is 5.69 Å². The Balaban J connectivity index is 2.03. The van der Waals surface area contributed by atoms with Crippen LogP contribution in [0.3, 0.4) is 0 Å². The van der Waals surface area contributed by atoms with E-state index in [0.29, 0.717) is 21.6 Å². The van der Waals surface area contributed by atoms with Crippen LogP contribution in [-0.2, 0) is 0 Å². The van der Waals surface area contributed by atoms with Crippen LogP contribution in [0.5, 0.6) is 0 Å². The molecule has 4 nitrogen and oxygen atoms in total. The lowest BCUT2D eigenvalue weighted by molar-refractivity contribution is 0.102. The molecule has 0 spiro atoms. The van der Waals surface area contributed by atoms with E-state index < -0.39 is 5.91 Å². The summed E-state index contributed by atoms with van der Waals surface area (Å²) in [6, 6.07) is 9.05. The van der Waals surface area contributed by atoms with Crippen molar-refractivity contribution in [1.82, 2.24) is 4.98 Å². The lowest BCUT2D eigenvalue weighted by Gasteiger charge is -2.09. The molecule has 24 heavy (non-hydrogen) atoms. The number of nitrogens with one attached hydrogen (secondary N) is 2. The predicted molar refractivity (Wildman–Crippen MR) is 98.2 cm³/mol. The molecule has 0 fully saturated rings. The van der Waals surface area contributed by atoms with Crippen LogP contribution in [0.2, 0.25) is 5.02 Å². The number of aromatic nitrogens is 1. The maximum absolute atomic E-state index is 12.6. The summed E-state index contributed by atoms with van der Waals surface area (Å²) >= 11 is 6.08. The molecule has 1 amide bonds. The van der Waals surface area contributed by atoms with Gasteiger partial charge in [-0.2, -0.15) is 0 Å². The maximum Gasteiger partial charge on any atom is 0.261 e. The van der Waals surface area contributed by atoms with Gasteiger partial charge in [0.2, 0.25) is 5.43 Å². The lowest BCUT2D eigenvalue weighted by atomic mass is 10.1. The summed E-state index contributed by atoms with van der Waals surface area (Å²) in [7, 11) is 0. The number of hydrogen-bond donors (Lipinski definition) is 2. The minimum atomic E-state index is -0.434. The van der Waals surface area contributed by atoms with Crippen LogP contribution in [0.15, 0.2) is 41.3 Å². The van der Waals surface area contributed by atoms with Crippen molar-refractivity contribution in [3.63, 3.8) is 0 Å². The summed E-state index contributed by atoms with van der Waals surface area (Å²) in [5, 5.41) is 3.81. The highest BCUT2D eigenvalue weighted by molar-refractivity contribution is 6.32. The van der Waals surface area contributed by atoms with Crippen LogP contribution < -0.4 is 10.7 Å². The average molecular weight is 341 g/mol. The number of fused-ring (bicyclic) bond motifs is 1. The first-order valence-corrected chi connectivity index (χ1v) is 7.95. The number of aryl methyl sites for hydroxylation is 3. The third-order valence-corrected chi connectivity index (χ3v) is 4.38. The van der Waals surface area contributed by atoms with Gasteiger partial charge in [0.15, 0.2) is 0 Å². The molecular formula is C19H17ClN2O2. The molecule has 0 bridgehead atoms. The van der Waals surface area contributed by atoms with E-state index in [4.69, 9.17) is 11.6 Å². The number of H-pyrrole nitrogens is 1. The highest BCUT2D eigenvalue weighted by atomic mass is 35.5. The number of anilines is 1. The highest BCUT2D eigenvalue weighted by Gasteiger charge is 2.15. The van der Waals surface area contributed by atoms with E-state index in [2.05, 4.69) is 10.3 Å². The molecule has 0 saturated heterocycles. The number of aromatic amines is 1. The monoisotopic (exact) mass is 340 g/mol. The van der Waals surface area contributed by atoms with Gasteiger partial charge in [-0.3, -0.25) is 9.59 Å². The zero-order valence-corrected chi connectivity index (χ0v) is 14.4. The van der Waals surface area contributed by atoms with Gasteiger partial charge in [0.05, 0.1) is 5.52 Å². The topological polar surface area (TPSA) is 62.0 Å². The van der Waals surface area contributed by atoms with E-state index in [-0.39, 0.29) is 11.0 Å². The fraction of sp³-hybridized carbons (Fsp3) is 0.158.